The van der Waals surface area contributed by atoms with Crippen LogP contribution in [0.3, 0.4) is 0 Å². The number of carbonyl (C=O) groups excluding carboxylic acids is 1. The first-order valence-corrected chi connectivity index (χ1v) is 7.96. The number of carbonyl (C=O) groups is 1. The molecular weight excluding hydrogens is 306 g/mol. The van der Waals surface area contributed by atoms with Crippen LogP contribution in [0.5, 0.6) is 5.88 Å². The number of nitrogens with one attached hydrogen (secondary N) is 1. The highest BCUT2D eigenvalue weighted by molar-refractivity contribution is 5.92. The Kier molecular flexibility index (Phi) is 5.73. The van der Waals surface area contributed by atoms with Crippen molar-refractivity contribution in [3.05, 3.63) is 51.8 Å². The smallest absolute Gasteiger partial charge is 0.275 e. The highest BCUT2D eigenvalue weighted by Gasteiger charge is 2.16. The predicted octanol–water partition coefficient (Wildman–Crippen LogP) is 2.33. The third-order valence-electron chi connectivity index (χ3n) is 3.61. The number of aryl methyl sites for hydroxylation is 1. The van der Waals surface area contributed by atoms with Crippen LogP contribution in [0.15, 0.2) is 35.1 Å². The summed E-state index contributed by atoms with van der Waals surface area (Å²) in [6.07, 6.45) is 0.841. The highest BCUT2D eigenvalue weighted by atomic mass is 16.5. The van der Waals surface area contributed by atoms with Gasteiger partial charge < -0.3 is 10.1 Å². The number of ether oxygens (including phenoxy) is 1. The van der Waals surface area contributed by atoms with Crippen molar-refractivity contribution in [1.82, 2.24) is 15.1 Å². The molecule has 0 aliphatic carbocycles. The van der Waals surface area contributed by atoms with E-state index in [1.807, 2.05) is 31.2 Å². The Morgan fingerprint density at radius 3 is 2.54 bits per heavy atom. The molecule has 0 aliphatic rings. The molecule has 0 saturated heterocycles. The van der Waals surface area contributed by atoms with E-state index in [9.17, 15) is 9.59 Å². The van der Waals surface area contributed by atoms with Crippen molar-refractivity contribution in [3.63, 3.8) is 0 Å². The Labute approximate surface area is 141 Å². The molecule has 24 heavy (non-hydrogen) atoms. The van der Waals surface area contributed by atoms with E-state index >= 15 is 0 Å². The van der Waals surface area contributed by atoms with Gasteiger partial charge in [-0.3, -0.25) is 9.59 Å². The standard InChI is InChI=1S/C18H23N3O3/c1-12(2)9-10-19-18(23)17-15(22)11-16(24-4)21(20-17)14-7-5-13(3)6-8-14/h5-8,11-12H,9-10H2,1-4H3,(H,19,23). The number of methoxy groups -OCH3 is 1. The summed E-state index contributed by atoms with van der Waals surface area (Å²) in [5.74, 6) is 0.282. The molecule has 128 valence electrons. The summed E-state index contributed by atoms with van der Waals surface area (Å²) in [4.78, 5) is 24.4. The maximum atomic E-state index is 12.3. The zero-order chi connectivity index (χ0) is 17.7. The number of hydrogen-bond acceptors (Lipinski definition) is 4. The minimum absolute atomic E-state index is 0.139. The molecule has 0 bridgehead atoms. The largest absolute Gasteiger partial charge is 0.481 e. The molecule has 0 spiro atoms. The second-order valence-electron chi connectivity index (χ2n) is 6.09. The first-order chi connectivity index (χ1) is 11.4. The second kappa shape index (κ2) is 7.77. The lowest BCUT2D eigenvalue weighted by atomic mass is 10.1. The third-order valence-corrected chi connectivity index (χ3v) is 3.61. The Bertz CT molecular complexity index is 764. The monoisotopic (exact) mass is 329 g/mol. The van der Waals surface area contributed by atoms with E-state index in [0.29, 0.717) is 18.2 Å². The molecule has 0 saturated carbocycles. The quantitative estimate of drug-likeness (QED) is 0.883. The van der Waals surface area contributed by atoms with Crippen LogP contribution in [0, 0.1) is 12.8 Å². The lowest BCUT2D eigenvalue weighted by molar-refractivity contribution is 0.0943. The van der Waals surface area contributed by atoms with Crippen molar-refractivity contribution >= 4 is 5.91 Å². The van der Waals surface area contributed by atoms with Crippen LogP contribution in [-0.4, -0.2) is 29.3 Å². The number of nitrogens with zero attached hydrogens (tertiary/aromatic N) is 2. The molecule has 0 aliphatic heterocycles. The zero-order valence-electron chi connectivity index (χ0n) is 14.5. The van der Waals surface area contributed by atoms with Gasteiger partial charge in [0.2, 0.25) is 11.3 Å². The van der Waals surface area contributed by atoms with Crippen LogP contribution in [0.1, 0.15) is 36.3 Å². The first-order valence-electron chi connectivity index (χ1n) is 7.96. The zero-order valence-corrected chi connectivity index (χ0v) is 14.5. The van der Waals surface area contributed by atoms with Crippen LogP contribution >= 0.6 is 0 Å². The van der Waals surface area contributed by atoms with Gasteiger partial charge in [-0.05, 0) is 31.4 Å². The van der Waals surface area contributed by atoms with Gasteiger partial charge in [-0.1, -0.05) is 31.5 Å². The SMILES string of the molecule is COc1cc(=O)c(C(=O)NCCC(C)C)nn1-c1ccc(C)cc1. The van der Waals surface area contributed by atoms with Crippen molar-refractivity contribution in [2.75, 3.05) is 13.7 Å². The van der Waals surface area contributed by atoms with Gasteiger partial charge in [0.25, 0.3) is 5.91 Å². The molecule has 1 aromatic carbocycles. The number of amides is 1. The van der Waals surface area contributed by atoms with Gasteiger partial charge in [-0.25, -0.2) is 4.68 Å². The summed E-state index contributed by atoms with van der Waals surface area (Å²) in [6.45, 7) is 6.63. The van der Waals surface area contributed by atoms with Gasteiger partial charge in [0.1, 0.15) is 0 Å². The molecule has 6 heteroatoms. The number of hydrogen-bond donors (Lipinski definition) is 1. The molecule has 1 aromatic heterocycles. The van der Waals surface area contributed by atoms with Crippen molar-refractivity contribution < 1.29 is 9.53 Å². The van der Waals surface area contributed by atoms with Crippen molar-refractivity contribution in [2.24, 2.45) is 5.92 Å². The minimum Gasteiger partial charge on any atom is -0.481 e. The van der Waals surface area contributed by atoms with Crippen LogP contribution in [0.4, 0.5) is 0 Å². The van der Waals surface area contributed by atoms with E-state index in [0.717, 1.165) is 12.0 Å². The van der Waals surface area contributed by atoms with Gasteiger partial charge >= 0.3 is 0 Å². The fourth-order valence-corrected chi connectivity index (χ4v) is 2.17. The molecular formula is C18H23N3O3. The van der Waals surface area contributed by atoms with Crippen molar-refractivity contribution in [3.8, 4) is 11.6 Å². The van der Waals surface area contributed by atoms with Crippen LogP contribution in [0.2, 0.25) is 0 Å². The maximum absolute atomic E-state index is 12.3. The molecule has 6 nitrogen and oxygen atoms in total. The molecule has 1 amide bonds. The topological polar surface area (TPSA) is 73.2 Å². The normalized spacial score (nSPS) is 10.7. The molecule has 1 heterocycles. The van der Waals surface area contributed by atoms with Crippen LogP contribution < -0.4 is 15.5 Å². The number of benzene rings is 1. The van der Waals surface area contributed by atoms with Gasteiger partial charge in [-0.2, -0.15) is 5.10 Å². The lowest BCUT2D eigenvalue weighted by Gasteiger charge is -2.13. The average molecular weight is 329 g/mol. The second-order valence-corrected chi connectivity index (χ2v) is 6.09. The predicted molar refractivity (Wildman–Crippen MR) is 92.9 cm³/mol. The Balaban J connectivity index is 2.36. The first kappa shape index (κ1) is 17.7. The minimum atomic E-state index is -0.468. The van der Waals surface area contributed by atoms with Crippen molar-refractivity contribution in [1.29, 1.82) is 0 Å². The van der Waals surface area contributed by atoms with Gasteiger partial charge in [0, 0.05) is 6.54 Å². The summed E-state index contributed by atoms with van der Waals surface area (Å²) in [6, 6.07) is 8.85. The molecule has 0 atom stereocenters. The number of rotatable bonds is 6. The van der Waals surface area contributed by atoms with E-state index in [1.54, 1.807) is 0 Å². The molecule has 0 unspecified atom stereocenters. The molecule has 1 N–H and O–H groups in total. The van der Waals surface area contributed by atoms with E-state index in [2.05, 4.69) is 24.3 Å². The Morgan fingerprint density at radius 2 is 1.96 bits per heavy atom. The summed E-state index contributed by atoms with van der Waals surface area (Å²) < 4.78 is 6.68. The third kappa shape index (κ3) is 4.22. The Hall–Kier alpha value is -2.63. The fourth-order valence-electron chi connectivity index (χ4n) is 2.17. The molecule has 2 rings (SSSR count). The van der Waals surface area contributed by atoms with Gasteiger partial charge in [0.15, 0.2) is 5.69 Å². The maximum Gasteiger partial charge on any atom is 0.275 e. The summed E-state index contributed by atoms with van der Waals surface area (Å²) in [7, 11) is 1.46. The molecule has 0 radical (unpaired) electrons. The van der Waals surface area contributed by atoms with Gasteiger partial charge in [0.05, 0.1) is 18.9 Å². The Morgan fingerprint density at radius 1 is 1.29 bits per heavy atom. The summed E-state index contributed by atoms with van der Waals surface area (Å²) >= 11 is 0. The van der Waals surface area contributed by atoms with Gasteiger partial charge in [-0.15, -0.1) is 0 Å². The molecule has 2 aromatic rings. The van der Waals surface area contributed by atoms with Crippen LogP contribution in [-0.2, 0) is 0 Å². The average Bonchev–Trinajstić information content (AvgIpc) is 2.55. The van der Waals surface area contributed by atoms with E-state index in [-0.39, 0.29) is 11.6 Å². The molecule has 0 fully saturated rings. The van der Waals surface area contributed by atoms with Crippen molar-refractivity contribution in [2.45, 2.75) is 27.2 Å². The number of aromatic nitrogens is 2. The van der Waals surface area contributed by atoms with Crippen LogP contribution in [0.25, 0.3) is 5.69 Å². The summed E-state index contributed by atoms with van der Waals surface area (Å²) in [5, 5.41) is 6.95. The van der Waals surface area contributed by atoms with E-state index < -0.39 is 11.3 Å². The van der Waals surface area contributed by atoms with E-state index in [4.69, 9.17) is 4.74 Å². The summed E-state index contributed by atoms with van der Waals surface area (Å²) in [5.41, 5.74) is 1.22. The van der Waals surface area contributed by atoms with E-state index in [1.165, 1.54) is 17.9 Å². The lowest BCUT2D eigenvalue weighted by Crippen LogP contribution is -2.32. The fraction of sp³-hybridized carbons (Fsp3) is 0.389. The highest BCUT2D eigenvalue weighted by Crippen LogP contribution is 2.15.